The lowest BCUT2D eigenvalue weighted by molar-refractivity contribution is -0.890. The number of thiophene rings is 1. The Balaban J connectivity index is 2.01. The van der Waals surface area contributed by atoms with Gasteiger partial charge in [-0.15, -0.1) is 11.3 Å². The third kappa shape index (κ3) is 16.5. The first-order valence-electron chi connectivity index (χ1n) is 17.5. The molecule has 284 valence electrons. The zero-order valence-electron chi connectivity index (χ0n) is 31.9. The van der Waals surface area contributed by atoms with E-state index >= 15 is 0 Å². The van der Waals surface area contributed by atoms with Gasteiger partial charge >= 0.3 is 0 Å². The summed E-state index contributed by atoms with van der Waals surface area (Å²) >= 11 is 1.18. The molecular weight excluding hydrogens is 691 g/mol. The van der Waals surface area contributed by atoms with E-state index in [4.69, 9.17) is 25.3 Å². The maximum Gasteiger partial charge on any atom is 0.265 e. The molecule has 51 heavy (non-hydrogen) atoms. The number of aryl methyl sites for hydroxylation is 2. The highest BCUT2D eigenvalue weighted by Gasteiger charge is 2.18. The van der Waals surface area contributed by atoms with Crippen molar-refractivity contribution < 1.29 is 36.1 Å². The van der Waals surface area contributed by atoms with Gasteiger partial charge in [0.2, 0.25) is 5.69 Å². The minimum absolute atomic E-state index is 0.233. The van der Waals surface area contributed by atoms with Crippen LogP contribution < -0.4 is 4.90 Å². The van der Waals surface area contributed by atoms with Crippen LogP contribution in [0.25, 0.3) is 4.85 Å². The molecule has 1 aromatic carbocycles. The number of likely N-dealkylation sites (N-methyl/N-ethyl adjacent to an activating group) is 2. The molecule has 0 bridgehead atoms. The monoisotopic (exact) mass is 749 g/mol. The van der Waals surface area contributed by atoms with E-state index < -0.39 is 10.1 Å². The van der Waals surface area contributed by atoms with E-state index in [-0.39, 0.29) is 5.75 Å². The second-order valence-corrected chi connectivity index (χ2v) is 16.7. The minimum atomic E-state index is -3.94. The second kappa shape index (κ2) is 21.5. The van der Waals surface area contributed by atoms with Gasteiger partial charge in [-0.3, -0.25) is 4.55 Å². The van der Waals surface area contributed by atoms with Gasteiger partial charge in [0.1, 0.15) is 24.2 Å². The number of unbranched alkanes of at least 4 members (excludes halogenated alkanes) is 1. The molecule has 2 aromatic rings. The first-order chi connectivity index (χ1) is 24.0. The highest BCUT2D eigenvalue weighted by molar-refractivity contribution is 7.85. The van der Waals surface area contributed by atoms with Crippen LogP contribution in [0.5, 0.6) is 0 Å². The third-order valence-corrected chi connectivity index (χ3v) is 10.6. The number of rotatable bonds is 25. The Hall–Kier alpha value is -2.99. The normalized spacial score (nSPS) is 12.4. The number of azo groups is 1. The zero-order chi connectivity index (χ0) is 38.1. The van der Waals surface area contributed by atoms with Crippen molar-refractivity contribution in [2.24, 2.45) is 10.2 Å². The van der Waals surface area contributed by atoms with Gasteiger partial charge in [-0.25, -0.2) is 4.85 Å². The fourth-order valence-electron chi connectivity index (χ4n) is 5.36. The molecule has 1 N–H and O–H groups in total. The summed E-state index contributed by atoms with van der Waals surface area (Å²) in [6, 6.07) is 6.23. The molecule has 0 aliphatic carbocycles. The predicted molar refractivity (Wildman–Crippen MR) is 204 cm³/mol. The van der Waals surface area contributed by atoms with Crippen LogP contribution in [0.2, 0.25) is 0 Å². The number of ether oxygens (including phenoxy) is 3. The van der Waals surface area contributed by atoms with Gasteiger partial charge in [-0.05, 0) is 56.0 Å². The Morgan fingerprint density at radius 1 is 0.882 bits per heavy atom. The van der Waals surface area contributed by atoms with Crippen LogP contribution in [0.4, 0.5) is 22.1 Å². The van der Waals surface area contributed by atoms with Crippen molar-refractivity contribution in [3.63, 3.8) is 0 Å². The number of hydrogen-bond donors (Lipinski definition) is 1. The van der Waals surface area contributed by atoms with Crippen molar-refractivity contribution in [1.82, 2.24) is 0 Å². The Morgan fingerprint density at radius 2 is 1.45 bits per heavy atom. The van der Waals surface area contributed by atoms with Crippen LogP contribution in [-0.4, -0.2) is 135 Å². The molecule has 0 saturated carbocycles. The molecule has 0 aliphatic heterocycles. The Kier molecular flexibility index (Phi) is 18.6. The van der Waals surface area contributed by atoms with E-state index in [2.05, 4.69) is 53.1 Å². The fourth-order valence-corrected chi connectivity index (χ4v) is 6.72. The van der Waals surface area contributed by atoms with E-state index in [0.29, 0.717) is 97.0 Å². The van der Waals surface area contributed by atoms with Crippen molar-refractivity contribution in [2.75, 3.05) is 118 Å². The van der Waals surface area contributed by atoms with Crippen molar-refractivity contribution >= 4 is 43.5 Å². The summed E-state index contributed by atoms with van der Waals surface area (Å²) in [4.78, 5) is 6.32. The van der Waals surface area contributed by atoms with Crippen molar-refractivity contribution in [2.45, 2.75) is 47.0 Å². The molecule has 13 nitrogen and oxygen atoms in total. The molecule has 1 heterocycles. The van der Waals surface area contributed by atoms with Gasteiger partial charge in [0, 0.05) is 25.2 Å². The van der Waals surface area contributed by atoms with Gasteiger partial charge in [-0.2, -0.15) is 23.9 Å². The SMILES string of the molecule is [C-]#[N+]c1c(/N=N/c2cc(C)c(N(CCOCCOCC[N+](C)(C)CCCS(=O)(=O)O)CCOCC[N+](C)(C)CCCC)cc2C)sc(C#N)c1C. The summed E-state index contributed by atoms with van der Waals surface area (Å²) in [6.07, 6.45) is 2.77. The maximum absolute atomic E-state index is 11.0. The van der Waals surface area contributed by atoms with Gasteiger partial charge in [-0.1, -0.05) is 13.3 Å². The summed E-state index contributed by atoms with van der Waals surface area (Å²) in [5, 5.41) is 18.7. The zero-order valence-corrected chi connectivity index (χ0v) is 33.5. The molecule has 0 aliphatic rings. The quantitative estimate of drug-likeness (QED) is 0.0394. The van der Waals surface area contributed by atoms with E-state index in [1.807, 2.05) is 34.0 Å². The molecule has 0 saturated heterocycles. The Bertz CT molecular complexity index is 1610. The Morgan fingerprint density at radius 3 is 2.00 bits per heavy atom. The molecule has 2 rings (SSSR count). The molecule has 0 spiro atoms. The largest absolute Gasteiger partial charge is 0.377 e. The lowest BCUT2D eigenvalue weighted by Gasteiger charge is -2.30. The van der Waals surface area contributed by atoms with Gasteiger partial charge in [0.05, 0.1) is 104 Å². The number of nitriles is 1. The van der Waals surface area contributed by atoms with Crippen LogP contribution >= 0.6 is 11.3 Å². The summed E-state index contributed by atoms with van der Waals surface area (Å²) in [7, 11) is 4.57. The third-order valence-electron chi connectivity index (χ3n) is 8.76. The first-order valence-corrected chi connectivity index (χ1v) is 20.0. The summed E-state index contributed by atoms with van der Waals surface area (Å²) in [5.74, 6) is -0.233. The highest BCUT2D eigenvalue weighted by Crippen LogP contribution is 2.42. The van der Waals surface area contributed by atoms with E-state index in [1.54, 1.807) is 6.92 Å². The molecule has 0 fully saturated rings. The van der Waals surface area contributed by atoms with Crippen molar-refractivity contribution in [1.29, 1.82) is 5.26 Å². The molecular formula is C36H59N7O6S2+2. The van der Waals surface area contributed by atoms with Crippen LogP contribution in [0, 0.1) is 38.7 Å². The first kappa shape index (κ1) is 44.2. The standard InChI is InChI=1S/C36H58N7O6S2/c1-10-11-15-42(6,7)17-21-47-19-13-41(14-20-48-23-24-49-22-18-43(8,9)16-12-25-51(44,45)46)33-27-29(2)32(26-30(33)3)39-40-36-35(38-5)31(4)34(28-37)50-36/h26-27H,10-25H2,1-4,6-9H3/q+1/p+1/b40-39+. The summed E-state index contributed by atoms with van der Waals surface area (Å²) in [6.45, 7) is 23.5. The number of anilines is 1. The number of quaternary nitrogens is 2. The molecule has 0 unspecified atom stereocenters. The predicted octanol–water partition coefficient (Wildman–Crippen LogP) is 6.60. The number of benzene rings is 1. The lowest BCUT2D eigenvalue weighted by Crippen LogP contribution is -2.43. The summed E-state index contributed by atoms with van der Waals surface area (Å²) in [5.41, 5.74) is 4.73. The smallest absolute Gasteiger partial charge is 0.265 e. The highest BCUT2D eigenvalue weighted by atomic mass is 32.2. The lowest BCUT2D eigenvalue weighted by atomic mass is 10.1. The van der Waals surface area contributed by atoms with Gasteiger partial charge in [0.25, 0.3) is 10.1 Å². The van der Waals surface area contributed by atoms with E-state index in [0.717, 1.165) is 40.9 Å². The molecule has 15 heteroatoms. The average Bonchev–Trinajstić information content (AvgIpc) is 3.37. The molecule has 0 amide bonds. The maximum atomic E-state index is 11.0. The number of hydrogen-bond acceptors (Lipinski definition) is 10. The molecule has 1 aromatic heterocycles. The van der Waals surface area contributed by atoms with E-state index in [1.165, 1.54) is 24.2 Å². The van der Waals surface area contributed by atoms with E-state index in [9.17, 15) is 13.7 Å². The Labute approximate surface area is 310 Å². The van der Waals surface area contributed by atoms with Crippen molar-refractivity contribution in [3.05, 3.63) is 45.1 Å². The van der Waals surface area contributed by atoms with Crippen LogP contribution in [0.1, 0.15) is 47.8 Å². The van der Waals surface area contributed by atoms with Crippen LogP contribution in [-0.2, 0) is 24.3 Å². The van der Waals surface area contributed by atoms with Gasteiger partial charge in [0.15, 0.2) is 0 Å². The van der Waals surface area contributed by atoms with Crippen LogP contribution in [0.3, 0.4) is 0 Å². The number of nitrogens with zero attached hydrogens (tertiary/aromatic N) is 7. The van der Waals surface area contributed by atoms with Crippen molar-refractivity contribution in [3.8, 4) is 6.07 Å². The fraction of sp³-hybridized carbons (Fsp3) is 0.667. The second-order valence-electron chi connectivity index (χ2n) is 14.1. The average molecular weight is 750 g/mol. The molecule has 0 atom stereocenters. The minimum Gasteiger partial charge on any atom is -0.377 e. The van der Waals surface area contributed by atoms with Crippen LogP contribution in [0.15, 0.2) is 22.4 Å². The topological polar surface area (TPSA) is 138 Å². The summed E-state index contributed by atoms with van der Waals surface area (Å²) < 4.78 is 50.4. The van der Waals surface area contributed by atoms with Gasteiger partial charge < -0.3 is 28.1 Å². The molecule has 0 radical (unpaired) electrons.